The molecule has 1 aliphatic carbocycles. The number of hydrogen-bond donors (Lipinski definition) is 0. The third-order valence-electron chi connectivity index (χ3n) is 8.45. The second-order valence-corrected chi connectivity index (χ2v) is 12.7. The highest BCUT2D eigenvalue weighted by atomic mass is 32.2. The zero-order valence-electron chi connectivity index (χ0n) is 22.5. The van der Waals surface area contributed by atoms with Gasteiger partial charge in [-0.2, -0.15) is 9.40 Å². The number of piperidine rings is 1. The summed E-state index contributed by atoms with van der Waals surface area (Å²) in [5.74, 6) is 0.851. The standard InChI is InChI=1S/C29H29FN6O4S/c1-39-27(28-31-10-14-40-28)29-16-20-17-33-36(23-5-3-22(30)4-6-23)25(20)15-21(29)9-13-35(19-29)41(37,38)24-7-8-26(32-18-24)34-11-2-12-34/h3-8,10,14-15,17-18,27H,2,9,11-13,16,19H2,1H3/t27?,29-/m0/s1. The average molecular weight is 577 g/mol. The molecule has 3 aliphatic rings. The number of nitrogens with zero attached hydrogens (tertiary/aromatic N) is 6. The normalized spacial score (nSPS) is 21.5. The number of rotatable bonds is 7. The Balaban J connectivity index is 1.28. The van der Waals surface area contributed by atoms with Crippen molar-refractivity contribution < 1.29 is 22.0 Å². The summed E-state index contributed by atoms with van der Waals surface area (Å²) < 4.78 is 56.6. The van der Waals surface area contributed by atoms with E-state index in [1.165, 1.54) is 28.9 Å². The smallest absolute Gasteiger partial charge is 0.244 e. The van der Waals surface area contributed by atoms with Gasteiger partial charge in [-0.1, -0.05) is 5.57 Å². The van der Waals surface area contributed by atoms with Crippen molar-refractivity contribution in [2.75, 3.05) is 38.2 Å². The quantitative estimate of drug-likeness (QED) is 0.325. The molecule has 10 nitrogen and oxygen atoms in total. The molecule has 0 amide bonds. The molecule has 1 aromatic carbocycles. The van der Waals surface area contributed by atoms with Crippen molar-refractivity contribution in [3.8, 4) is 5.69 Å². The summed E-state index contributed by atoms with van der Waals surface area (Å²) in [4.78, 5) is 11.1. The van der Waals surface area contributed by atoms with Gasteiger partial charge in [0.2, 0.25) is 15.9 Å². The molecule has 0 spiro atoms. The number of sulfonamides is 1. The van der Waals surface area contributed by atoms with Crippen LogP contribution >= 0.6 is 0 Å². The van der Waals surface area contributed by atoms with Gasteiger partial charge < -0.3 is 14.1 Å². The summed E-state index contributed by atoms with van der Waals surface area (Å²) in [6.45, 7) is 2.33. The van der Waals surface area contributed by atoms with Crippen LogP contribution in [0.3, 0.4) is 0 Å². The molecule has 5 heterocycles. The Bertz CT molecular complexity index is 1700. The van der Waals surface area contributed by atoms with Crippen LogP contribution in [0.15, 0.2) is 76.1 Å². The van der Waals surface area contributed by atoms with Gasteiger partial charge in [0.15, 0.2) is 0 Å². The molecule has 0 bridgehead atoms. The minimum absolute atomic E-state index is 0.162. The number of ether oxygens (including phenoxy) is 1. The highest BCUT2D eigenvalue weighted by Crippen LogP contribution is 2.53. The lowest BCUT2D eigenvalue weighted by atomic mass is 9.65. The highest BCUT2D eigenvalue weighted by molar-refractivity contribution is 7.89. The summed E-state index contributed by atoms with van der Waals surface area (Å²) in [5.41, 5.74) is 2.77. The first-order valence-corrected chi connectivity index (χ1v) is 15.0. The first-order chi connectivity index (χ1) is 19.9. The second kappa shape index (κ2) is 9.89. The van der Waals surface area contributed by atoms with Crippen molar-refractivity contribution in [3.63, 3.8) is 0 Å². The van der Waals surface area contributed by atoms with E-state index in [9.17, 15) is 12.8 Å². The van der Waals surface area contributed by atoms with Crippen molar-refractivity contribution in [1.82, 2.24) is 24.1 Å². The van der Waals surface area contributed by atoms with Gasteiger partial charge in [0.05, 0.1) is 23.8 Å². The average Bonchev–Trinajstić information content (AvgIpc) is 3.62. The fraction of sp³-hybridized carbons (Fsp3) is 0.345. The van der Waals surface area contributed by atoms with Crippen molar-refractivity contribution in [1.29, 1.82) is 0 Å². The van der Waals surface area contributed by atoms with Gasteiger partial charge in [0.25, 0.3) is 0 Å². The monoisotopic (exact) mass is 576 g/mol. The number of anilines is 1. The van der Waals surface area contributed by atoms with Gasteiger partial charge >= 0.3 is 0 Å². The maximum absolute atomic E-state index is 14.0. The SMILES string of the molecule is COC(c1ncco1)[C@]12Cc3cnn(-c4ccc(F)cc4)c3C=C1CCN(S(=O)(=O)c1ccc(N3CCC3)nc1)C2. The van der Waals surface area contributed by atoms with Gasteiger partial charge in [-0.3, -0.25) is 0 Å². The van der Waals surface area contributed by atoms with Crippen LogP contribution in [0.2, 0.25) is 0 Å². The molecule has 212 valence electrons. The van der Waals surface area contributed by atoms with Crippen molar-refractivity contribution in [3.05, 3.63) is 89.8 Å². The molecule has 2 saturated heterocycles. The summed E-state index contributed by atoms with van der Waals surface area (Å²) >= 11 is 0. The molecule has 2 aliphatic heterocycles. The second-order valence-electron chi connectivity index (χ2n) is 10.7. The lowest BCUT2D eigenvalue weighted by Crippen LogP contribution is -2.52. The number of hydrogen-bond acceptors (Lipinski definition) is 8. The summed E-state index contributed by atoms with van der Waals surface area (Å²) in [5, 5.41) is 4.61. The Morgan fingerprint density at radius 1 is 1.07 bits per heavy atom. The number of pyridine rings is 1. The minimum atomic E-state index is -3.85. The lowest BCUT2D eigenvalue weighted by molar-refractivity contribution is -0.0303. The Morgan fingerprint density at radius 2 is 1.90 bits per heavy atom. The van der Waals surface area contributed by atoms with Crippen molar-refractivity contribution in [2.24, 2.45) is 5.41 Å². The molecule has 3 aromatic heterocycles. The van der Waals surface area contributed by atoms with E-state index in [2.05, 4.69) is 26.0 Å². The maximum atomic E-state index is 14.0. The number of fused-ring (bicyclic) bond motifs is 2. The predicted octanol–water partition coefficient (Wildman–Crippen LogP) is 4.01. The van der Waals surface area contributed by atoms with Crippen molar-refractivity contribution >= 4 is 21.9 Å². The summed E-state index contributed by atoms with van der Waals surface area (Å²) in [7, 11) is -2.26. The van der Waals surface area contributed by atoms with E-state index in [0.29, 0.717) is 25.3 Å². The van der Waals surface area contributed by atoms with Crippen LogP contribution in [0.1, 0.15) is 36.1 Å². The molecule has 41 heavy (non-hydrogen) atoms. The molecular weight excluding hydrogens is 547 g/mol. The predicted molar refractivity (Wildman–Crippen MR) is 148 cm³/mol. The number of halogens is 1. The van der Waals surface area contributed by atoms with E-state index < -0.39 is 21.5 Å². The van der Waals surface area contributed by atoms with Crippen LogP contribution in [-0.4, -0.2) is 65.8 Å². The highest BCUT2D eigenvalue weighted by Gasteiger charge is 2.53. The van der Waals surface area contributed by atoms with Gasteiger partial charge in [0, 0.05) is 44.9 Å². The molecular formula is C29H29FN6O4S. The van der Waals surface area contributed by atoms with Crippen molar-refractivity contribution in [2.45, 2.75) is 30.3 Å². The van der Waals surface area contributed by atoms with Gasteiger partial charge in [-0.05, 0) is 67.3 Å². The molecule has 2 atom stereocenters. The summed E-state index contributed by atoms with van der Waals surface area (Å²) in [6.07, 6.45) is 9.75. The molecule has 4 aromatic rings. The molecule has 0 N–H and O–H groups in total. The molecule has 0 radical (unpaired) electrons. The zero-order valence-corrected chi connectivity index (χ0v) is 23.3. The van der Waals surface area contributed by atoms with Crippen LogP contribution in [0.5, 0.6) is 0 Å². The lowest BCUT2D eigenvalue weighted by Gasteiger charge is -2.48. The fourth-order valence-electron chi connectivity index (χ4n) is 6.23. The van der Waals surface area contributed by atoms with Crippen LogP contribution in [0, 0.1) is 11.2 Å². The number of aromatic nitrogens is 4. The number of methoxy groups -OCH3 is 1. The van der Waals surface area contributed by atoms with E-state index in [4.69, 9.17) is 9.15 Å². The van der Waals surface area contributed by atoms with E-state index >= 15 is 0 Å². The first kappa shape index (κ1) is 26.1. The number of oxazole rings is 1. The first-order valence-electron chi connectivity index (χ1n) is 13.6. The Labute approximate surface area is 237 Å². The summed E-state index contributed by atoms with van der Waals surface area (Å²) in [6, 6.07) is 9.59. The number of benzene rings is 1. The molecule has 7 rings (SSSR count). The minimum Gasteiger partial charge on any atom is -0.446 e. The topological polar surface area (TPSA) is 107 Å². The third-order valence-corrected chi connectivity index (χ3v) is 10.3. The van der Waals surface area contributed by atoms with E-state index in [0.717, 1.165) is 47.8 Å². The maximum Gasteiger partial charge on any atom is 0.244 e. The molecule has 0 saturated carbocycles. The van der Waals surface area contributed by atoms with Crippen LogP contribution in [0.4, 0.5) is 10.2 Å². The van der Waals surface area contributed by atoms with Crippen LogP contribution < -0.4 is 4.90 Å². The molecule has 12 heteroatoms. The molecule has 2 fully saturated rings. The zero-order chi connectivity index (χ0) is 28.2. The largest absolute Gasteiger partial charge is 0.446 e. The van der Waals surface area contributed by atoms with Crippen LogP contribution in [-0.2, 0) is 21.2 Å². The Hall–Kier alpha value is -3.87. The van der Waals surface area contributed by atoms with Crippen LogP contribution in [0.25, 0.3) is 11.8 Å². The Morgan fingerprint density at radius 3 is 2.56 bits per heavy atom. The van der Waals surface area contributed by atoms with Gasteiger partial charge in [0.1, 0.15) is 28.9 Å². The third kappa shape index (κ3) is 4.28. The van der Waals surface area contributed by atoms with E-state index in [1.54, 1.807) is 48.5 Å². The fourth-order valence-corrected chi connectivity index (χ4v) is 7.69. The van der Waals surface area contributed by atoms with E-state index in [1.807, 2.05) is 0 Å². The van der Waals surface area contributed by atoms with Gasteiger partial charge in [-0.25, -0.2) is 27.5 Å². The van der Waals surface area contributed by atoms with Gasteiger partial charge in [-0.15, -0.1) is 0 Å². The molecule has 1 unspecified atom stereocenters. The van der Waals surface area contributed by atoms with E-state index in [-0.39, 0.29) is 17.3 Å². The Kier molecular flexibility index (Phi) is 6.29.